The third kappa shape index (κ3) is 5.35. The third-order valence-electron chi connectivity index (χ3n) is 3.02. The quantitative estimate of drug-likeness (QED) is 0.662. The summed E-state index contributed by atoms with van der Waals surface area (Å²) in [5, 5.41) is 14.1. The molecule has 0 spiro atoms. The number of hydrogen-bond donors (Lipinski definition) is 3. The highest BCUT2D eigenvalue weighted by Gasteiger charge is 2.23. The van der Waals surface area contributed by atoms with Gasteiger partial charge in [0, 0.05) is 19.6 Å². The number of urea groups is 1. The Kier molecular flexibility index (Phi) is 5.91. The number of ether oxygens (including phenoxy) is 1. The van der Waals surface area contributed by atoms with Crippen LogP contribution in [0.25, 0.3) is 0 Å². The molecular formula is C12H22N2O4. The normalized spacial score (nSPS) is 22.2. The Morgan fingerprint density at radius 2 is 2.17 bits per heavy atom. The van der Waals surface area contributed by atoms with E-state index in [9.17, 15) is 9.59 Å². The van der Waals surface area contributed by atoms with Gasteiger partial charge in [0.05, 0.1) is 12.1 Å². The number of carbonyl (C=O) groups is 2. The van der Waals surface area contributed by atoms with Gasteiger partial charge in [-0.25, -0.2) is 4.79 Å². The molecule has 6 nitrogen and oxygen atoms in total. The molecule has 18 heavy (non-hydrogen) atoms. The van der Waals surface area contributed by atoms with Gasteiger partial charge in [0.2, 0.25) is 0 Å². The van der Waals surface area contributed by atoms with Gasteiger partial charge >= 0.3 is 12.0 Å². The van der Waals surface area contributed by atoms with Gasteiger partial charge in [-0.3, -0.25) is 4.79 Å². The van der Waals surface area contributed by atoms with Crippen molar-refractivity contribution in [3.63, 3.8) is 0 Å². The van der Waals surface area contributed by atoms with Gasteiger partial charge in [-0.2, -0.15) is 0 Å². The lowest BCUT2D eigenvalue weighted by Crippen LogP contribution is -2.46. The fourth-order valence-electron chi connectivity index (χ4n) is 1.98. The smallest absolute Gasteiger partial charge is 0.315 e. The minimum absolute atomic E-state index is 0.0257. The maximum absolute atomic E-state index is 11.6. The maximum Gasteiger partial charge on any atom is 0.315 e. The molecule has 1 rings (SSSR count). The van der Waals surface area contributed by atoms with E-state index in [0.29, 0.717) is 6.54 Å². The van der Waals surface area contributed by atoms with Crippen LogP contribution in [0.15, 0.2) is 0 Å². The molecule has 3 unspecified atom stereocenters. The number of carbonyl (C=O) groups excluding carboxylic acids is 1. The van der Waals surface area contributed by atoms with Gasteiger partial charge in [0.25, 0.3) is 0 Å². The van der Waals surface area contributed by atoms with Crippen molar-refractivity contribution >= 4 is 12.0 Å². The second kappa shape index (κ2) is 7.20. The molecule has 0 bridgehead atoms. The predicted molar refractivity (Wildman–Crippen MR) is 66.4 cm³/mol. The number of carboxylic acid groups (broad SMARTS) is 1. The summed E-state index contributed by atoms with van der Waals surface area (Å²) >= 11 is 0. The molecule has 0 radical (unpaired) electrons. The second-order valence-electron chi connectivity index (χ2n) is 4.90. The lowest BCUT2D eigenvalue weighted by molar-refractivity contribution is -0.137. The van der Waals surface area contributed by atoms with E-state index < -0.39 is 5.97 Å². The van der Waals surface area contributed by atoms with Crippen LogP contribution >= 0.6 is 0 Å². The van der Waals surface area contributed by atoms with E-state index in [-0.39, 0.29) is 30.5 Å². The molecule has 1 fully saturated rings. The SMILES string of the molecule is CC(CNC(=O)NC(C)C1CCCO1)CC(=O)O. The van der Waals surface area contributed by atoms with Crippen molar-refractivity contribution in [3.05, 3.63) is 0 Å². The van der Waals surface area contributed by atoms with Crippen LogP contribution in [0.4, 0.5) is 4.79 Å². The first-order chi connectivity index (χ1) is 8.49. The number of nitrogens with one attached hydrogen (secondary N) is 2. The van der Waals surface area contributed by atoms with Crippen molar-refractivity contribution in [2.75, 3.05) is 13.2 Å². The van der Waals surface area contributed by atoms with Crippen molar-refractivity contribution in [1.82, 2.24) is 10.6 Å². The highest BCUT2D eigenvalue weighted by molar-refractivity contribution is 5.74. The van der Waals surface area contributed by atoms with E-state index >= 15 is 0 Å². The maximum atomic E-state index is 11.6. The lowest BCUT2D eigenvalue weighted by Gasteiger charge is -2.20. The standard InChI is InChI=1S/C12H22N2O4/c1-8(6-11(15)16)7-13-12(17)14-9(2)10-4-3-5-18-10/h8-10H,3-7H2,1-2H3,(H,15,16)(H2,13,14,17). The summed E-state index contributed by atoms with van der Waals surface area (Å²) < 4.78 is 5.47. The van der Waals surface area contributed by atoms with Crippen LogP contribution in [0.1, 0.15) is 33.1 Å². The van der Waals surface area contributed by atoms with Crippen LogP contribution in [0.5, 0.6) is 0 Å². The van der Waals surface area contributed by atoms with Crippen molar-refractivity contribution < 1.29 is 19.4 Å². The summed E-state index contributed by atoms with van der Waals surface area (Å²) in [7, 11) is 0. The first-order valence-corrected chi connectivity index (χ1v) is 6.36. The number of carboxylic acids is 1. The average Bonchev–Trinajstić information content (AvgIpc) is 2.78. The van der Waals surface area contributed by atoms with Crippen molar-refractivity contribution in [3.8, 4) is 0 Å². The van der Waals surface area contributed by atoms with E-state index in [4.69, 9.17) is 9.84 Å². The predicted octanol–water partition coefficient (Wildman–Crippen LogP) is 0.964. The molecule has 2 amide bonds. The minimum atomic E-state index is -0.850. The molecule has 0 aromatic heterocycles. The molecule has 1 aliphatic heterocycles. The van der Waals surface area contributed by atoms with Crippen LogP contribution in [0, 0.1) is 5.92 Å². The molecular weight excluding hydrogens is 236 g/mol. The molecule has 1 aliphatic rings. The topological polar surface area (TPSA) is 87.7 Å². The molecule has 3 N–H and O–H groups in total. The van der Waals surface area contributed by atoms with E-state index in [1.165, 1.54) is 0 Å². The summed E-state index contributed by atoms with van der Waals surface area (Å²) in [4.78, 5) is 22.0. The Hall–Kier alpha value is -1.30. The molecule has 3 atom stereocenters. The third-order valence-corrected chi connectivity index (χ3v) is 3.02. The molecule has 1 saturated heterocycles. The summed E-state index contributed by atoms with van der Waals surface area (Å²) in [5.41, 5.74) is 0. The molecule has 0 aliphatic carbocycles. The zero-order valence-electron chi connectivity index (χ0n) is 10.9. The molecule has 6 heteroatoms. The Labute approximate surface area is 107 Å². The summed E-state index contributed by atoms with van der Waals surface area (Å²) in [6.07, 6.45) is 2.15. The van der Waals surface area contributed by atoms with Crippen LogP contribution in [0.3, 0.4) is 0 Å². The number of aliphatic carboxylic acids is 1. The van der Waals surface area contributed by atoms with Crippen molar-refractivity contribution in [2.45, 2.75) is 45.3 Å². The van der Waals surface area contributed by atoms with Gasteiger partial charge in [0.15, 0.2) is 0 Å². The average molecular weight is 258 g/mol. The van der Waals surface area contributed by atoms with Crippen LogP contribution in [0.2, 0.25) is 0 Å². The lowest BCUT2D eigenvalue weighted by atomic mass is 10.1. The second-order valence-corrected chi connectivity index (χ2v) is 4.90. The van der Waals surface area contributed by atoms with Gasteiger partial charge in [-0.15, -0.1) is 0 Å². The first kappa shape index (κ1) is 14.8. The monoisotopic (exact) mass is 258 g/mol. The fraction of sp³-hybridized carbons (Fsp3) is 0.833. The van der Waals surface area contributed by atoms with Crippen LogP contribution in [-0.4, -0.2) is 42.4 Å². The van der Waals surface area contributed by atoms with Crippen molar-refractivity contribution in [1.29, 1.82) is 0 Å². The minimum Gasteiger partial charge on any atom is -0.481 e. The highest BCUT2D eigenvalue weighted by Crippen LogP contribution is 2.15. The molecule has 0 aromatic rings. The van der Waals surface area contributed by atoms with E-state index in [1.807, 2.05) is 6.92 Å². The Morgan fingerprint density at radius 1 is 1.44 bits per heavy atom. The number of amides is 2. The van der Waals surface area contributed by atoms with Gasteiger partial charge in [-0.05, 0) is 25.7 Å². The number of rotatable bonds is 6. The summed E-state index contributed by atoms with van der Waals surface area (Å²) in [5.74, 6) is -0.927. The molecule has 1 heterocycles. The van der Waals surface area contributed by atoms with Gasteiger partial charge in [-0.1, -0.05) is 6.92 Å². The van der Waals surface area contributed by atoms with E-state index in [0.717, 1.165) is 19.4 Å². The largest absolute Gasteiger partial charge is 0.481 e. The van der Waals surface area contributed by atoms with Crippen LogP contribution < -0.4 is 10.6 Å². The zero-order valence-corrected chi connectivity index (χ0v) is 10.9. The fourth-order valence-corrected chi connectivity index (χ4v) is 1.98. The summed E-state index contributed by atoms with van der Waals surface area (Å²) in [6, 6.07) is -0.294. The Morgan fingerprint density at radius 3 is 2.72 bits per heavy atom. The van der Waals surface area contributed by atoms with Gasteiger partial charge in [0.1, 0.15) is 0 Å². The highest BCUT2D eigenvalue weighted by atomic mass is 16.5. The van der Waals surface area contributed by atoms with Crippen molar-refractivity contribution in [2.24, 2.45) is 5.92 Å². The van der Waals surface area contributed by atoms with E-state index in [2.05, 4.69) is 10.6 Å². The first-order valence-electron chi connectivity index (χ1n) is 6.36. The molecule has 104 valence electrons. The molecule has 0 saturated carbocycles. The zero-order chi connectivity index (χ0) is 13.5. The number of hydrogen-bond acceptors (Lipinski definition) is 3. The van der Waals surface area contributed by atoms with Crippen LogP contribution in [-0.2, 0) is 9.53 Å². The Balaban J connectivity index is 2.18. The molecule has 0 aromatic carbocycles. The summed E-state index contributed by atoms with van der Waals surface area (Å²) in [6.45, 7) is 4.82. The Bertz CT molecular complexity index is 290. The van der Waals surface area contributed by atoms with Gasteiger partial charge < -0.3 is 20.5 Å². The van der Waals surface area contributed by atoms with E-state index in [1.54, 1.807) is 6.92 Å².